The topological polar surface area (TPSA) is 221 Å². The summed E-state index contributed by atoms with van der Waals surface area (Å²) in [5.41, 5.74) is 5.73. The lowest BCUT2D eigenvalue weighted by molar-refractivity contribution is -0.140. The first kappa shape index (κ1) is 21.3. The molecule has 0 radical (unpaired) electrons. The first-order chi connectivity index (χ1) is 12.3. The van der Waals surface area contributed by atoms with Gasteiger partial charge in [0.25, 0.3) is 0 Å². The fourth-order valence-electron chi connectivity index (χ4n) is 1.88. The van der Waals surface area contributed by atoms with Crippen molar-refractivity contribution in [1.29, 1.82) is 0 Å². The van der Waals surface area contributed by atoms with Gasteiger partial charge in [0.05, 0.1) is 12.6 Å². The Morgan fingerprint density at radius 2 is 1.85 bits per heavy atom. The quantitative estimate of drug-likeness (QED) is 0.226. The van der Waals surface area contributed by atoms with Crippen LogP contribution in [0.15, 0.2) is 4.52 Å². The third-order valence-corrected chi connectivity index (χ3v) is 3.27. The van der Waals surface area contributed by atoms with Crippen molar-refractivity contribution in [2.45, 2.75) is 37.4 Å². The number of carboxylic acid groups (broad SMARTS) is 2. The Hall–Kier alpha value is -2.77. The maximum Gasteiger partial charge on any atom is 0.328 e. The molecule has 0 saturated heterocycles. The Balaban J connectivity index is 2.86. The lowest BCUT2D eigenvalue weighted by atomic mass is 10.1. The molecule has 0 aliphatic heterocycles. The molecule has 0 aliphatic carbocycles. The van der Waals surface area contributed by atoms with Gasteiger partial charge in [0.1, 0.15) is 6.04 Å². The van der Waals surface area contributed by atoms with Crippen molar-refractivity contribution in [3.8, 4) is 0 Å². The van der Waals surface area contributed by atoms with Crippen LogP contribution in [0.2, 0.25) is 0 Å². The van der Waals surface area contributed by atoms with Gasteiger partial charge in [-0.3, -0.25) is 4.79 Å². The summed E-state index contributed by atoms with van der Waals surface area (Å²) in [6, 6.07) is -4.24. The summed E-state index contributed by atoms with van der Waals surface area (Å²) in [4.78, 5) is 37.5. The fourth-order valence-corrected chi connectivity index (χ4v) is 1.88. The number of nitrogens with zero attached hydrogens (tertiary/aromatic N) is 2. The van der Waals surface area contributed by atoms with Crippen LogP contribution in [-0.2, 0) is 9.59 Å². The van der Waals surface area contributed by atoms with Gasteiger partial charge >= 0.3 is 18.0 Å². The van der Waals surface area contributed by atoms with Crippen molar-refractivity contribution in [2.24, 2.45) is 5.73 Å². The van der Waals surface area contributed by atoms with E-state index in [-0.39, 0.29) is 37.6 Å². The van der Waals surface area contributed by atoms with Gasteiger partial charge in [-0.25, -0.2) is 9.59 Å². The van der Waals surface area contributed by atoms with Crippen LogP contribution in [0, 0.1) is 0 Å². The van der Waals surface area contributed by atoms with E-state index in [9.17, 15) is 14.4 Å². The Morgan fingerprint density at radius 1 is 1.15 bits per heavy atom. The highest BCUT2D eigenvalue weighted by Crippen LogP contribution is 2.19. The molecule has 13 nitrogen and oxygen atoms in total. The number of nitrogens with two attached hydrogens (primary N) is 1. The van der Waals surface area contributed by atoms with Crippen molar-refractivity contribution in [1.82, 2.24) is 20.8 Å². The maximum absolute atomic E-state index is 11.9. The van der Waals surface area contributed by atoms with Crippen LogP contribution in [0.25, 0.3) is 0 Å². The Morgan fingerprint density at radius 3 is 2.38 bits per heavy atom. The molecule has 0 saturated carbocycles. The molecule has 3 atom stereocenters. The molecule has 1 aromatic rings. The van der Waals surface area contributed by atoms with Gasteiger partial charge in [-0.05, 0) is 12.8 Å². The number of carbonyl (C=O) groups is 3. The van der Waals surface area contributed by atoms with Gasteiger partial charge in [0.15, 0.2) is 11.9 Å². The van der Waals surface area contributed by atoms with E-state index in [4.69, 9.17) is 30.7 Å². The smallest absolute Gasteiger partial charge is 0.328 e. The molecule has 0 unspecified atom stereocenters. The van der Waals surface area contributed by atoms with Crippen LogP contribution in [0.3, 0.4) is 0 Å². The Labute approximate surface area is 147 Å². The van der Waals surface area contributed by atoms with Gasteiger partial charge in [0.2, 0.25) is 5.89 Å². The molecule has 0 aromatic carbocycles. The van der Waals surface area contributed by atoms with Crippen LogP contribution in [-0.4, -0.2) is 67.8 Å². The zero-order chi connectivity index (χ0) is 19.7. The molecular weight excluding hydrogens is 354 g/mol. The number of hydrogen-bond acceptors (Lipinski definition) is 9. The van der Waals surface area contributed by atoms with Gasteiger partial charge < -0.3 is 41.3 Å². The Bertz CT molecular complexity index is 621. The SMILES string of the molecule is N[C@@H](CCO)c1noc([C@H](CCC(=O)O)NC(=O)N[C@@H](CO)C(=O)O)n1. The zero-order valence-corrected chi connectivity index (χ0v) is 13.7. The first-order valence-electron chi connectivity index (χ1n) is 7.60. The Kier molecular flexibility index (Phi) is 8.41. The molecule has 0 aliphatic rings. The number of carboxylic acids is 2. The second kappa shape index (κ2) is 10.3. The van der Waals surface area contributed by atoms with E-state index in [0.29, 0.717) is 0 Å². The number of nitrogens with one attached hydrogen (secondary N) is 2. The number of aromatic nitrogens is 2. The van der Waals surface area contributed by atoms with Crippen LogP contribution in [0.1, 0.15) is 43.1 Å². The number of rotatable bonds is 11. The largest absolute Gasteiger partial charge is 0.481 e. The van der Waals surface area contributed by atoms with Crippen molar-refractivity contribution in [3.05, 3.63) is 11.7 Å². The van der Waals surface area contributed by atoms with E-state index >= 15 is 0 Å². The molecule has 1 heterocycles. The minimum Gasteiger partial charge on any atom is -0.481 e. The summed E-state index contributed by atoms with van der Waals surface area (Å²) >= 11 is 0. The molecule has 2 amide bonds. The lowest BCUT2D eigenvalue weighted by Gasteiger charge is -2.17. The predicted octanol–water partition coefficient (Wildman–Crippen LogP) is -1.90. The summed E-state index contributed by atoms with van der Waals surface area (Å²) in [5, 5.41) is 43.3. The molecule has 0 bridgehead atoms. The van der Waals surface area contributed by atoms with Crippen molar-refractivity contribution < 1.29 is 39.3 Å². The summed E-state index contributed by atoms with van der Waals surface area (Å²) in [7, 11) is 0. The van der Waals surface area contributed by atoms with Crippen LogP contribution < -0.4 is 16.4 Å². The molecule has 1 rings (SSSR count). The molecule has 0 fully saturated rings. The first-order valence-corrected chi connectivity index (χ1v) is 7.60. The second-order valence-electron chi connectivity index (χ2n) is 5.29. The van der Waals surface area contributed by atoms with Gasteiger partial charge in [-0.2, -0.15) is 4.98 Å². The lowest BCUT2D eigenvalue weighted by Crippen LogP contribution is -2.48. The van der Waals surface area contributed by atoms with Crippen LogP contribution >= 0.6 is 0 Å². The summed E-state index contributed by atoms with van der Waals surface area (Å²) in [5.74, 6) is -2.64. The molecule has 26 heavy (non-hydrogen) atoms. The molecule has 13 heteroatoms. The molecule has 0 spiro atoms. The van der Waals surface area contributed by atoms with E-state index in [1.165, 1.54) is 0 Å². The van der Waals surface area contributed by atoms with Gasteiger partial charge in [-0.15, -0.1) is 0 Å². The zero-order valence-electron chi connectivity index (χ0n) is 13.7. The molecular formula is C13H21N5O8. The molecule has 146 valence electrons. The normalized spacial score (nSPS) is 14.3. The average molecular weight is 375 g/mol. The number of hydrogen-bond donors (Lipinski definition) is 7. The van der Waals surface area contributed by atoms with Crippen molar-refractivity contribution in [2.75, 3.05) is 13.2 Å². The van der Waals surface area contributed by atoms with E-state index in [2.05, 4.69) is 15.5 Å². The number of carbonyl (C=O) groups excluding carboxylic acids is 1. The predicted molar refractivity (Wildman–Crippen MR) is 82.7 cm³/mol. The highest BCUT2D eigenvalue weighted by Gasteiger charge is 2.26. The van der Waals surface area contributed by atoms with Crippen LogP contribution in [0.4, 0.5) is 4.79 Å². The highest BCUT2D eigenvalue weighted by molar-refractivity contribution is 5.82. The standard InChI is InChI=1S/C13H21N5O8/c14-6(3-4-19)10-17-11(26-18-10)7(1-2-9(21)22)15-13(25)16-8(5-20)12(23)24/h6-8,19-20H,1-5,14H2,(H,21,22)(H,23,24)(H2,15,16,25)/t6-,7-,8-/m0/s1. The minimum atomic E-state index is -1.54. The van der Waals surface area contributed by atoms with Gasteiger partial charge in [0, 0.05) is 13.0 Å². The maximum atomic E-state index is 11.9. The molecule has 1 aromatic heterocycles. The van der Waals surface area contributed by atoms with E-state index in [1.54, 1.807) is 0 Å². The van der Waals surface area contributed by atoms with Crippen molar-refractivity contribution in [3.63, 3.8) is 0 Å². The number of aliphatic carboxylic acids is 2. The van der Waals surface area contributed by atoms with Crippen LogP contribution in [0.5, 0.6) is 0 Å². The third kappa shape index (κ3) is 6.62. The number of aliphatic hydroxyl groups excluding tert-OH is 2. The third-order valence-electron chi connectivity index (χ3n) is 3.27. The summed E-state index contributed by atoms with van der Waals surface area (Å²) in [6.07, 6.45) is -0.284. The van der Waals surface area contributed by atoms with E-state index in [1.807, 2.05) is 5.32 Å². The van der Waals surface area contributed by atoms with E-state index in [0.717, 1.165) is 0 Å². The number of aliphatic hydroxyl groups is 2. The highest BCUT2D eigenvalue weighted by atomic mass is 16.5. The van der Waals surface area contributed by atoms with Crippen molar-refractivity contribution >= 4 is 18.0 Å². The van der Waals surface area contributed by atoms with E-state index < -0.39 is 42.7 Å². The van der Waals surface area contributed by atoms with Gasteiger partial charge in [-0.1, -0.05) is 5.16 Å². The second-order valence-corrected chi connectivity index (χ2v) is 5.29. The summed E-state index contributed by atoms with van der Waals surface area (Å²) < 4.78 is 4.98. The average Bonchev–Trinajstić information content (AvgIpc) is 3.06. The molecule has 8 N–H and O–H groups in total. The number of urea groups is 1. The monoisotopic (exact) mass is 375 g/mol. The summed E-state index contributed by atoms with van der Waals surface area (Å²) in [6.45, 7) is -1.03. The minimum absolute atomic E-state index is 0.0651. The number of amides is 2. The fraction of sp³-hybridized carbons (Fsp3) is 0.615.